The van der Waals surface area contributed by atoms with Gasteiger partial charge in [0.15, 0.2) is 0 Å². The molecule has 0 heterocycles. The smallest absolute Gasteiger partial charge is 0.0799 e. The second-order valence-corrected chi connectivity index (χ2v) is 4.60. The van der Waals surface area contributed by atoms with E-state index in [0.29, 0.717) is 18.8 Å². The van der Waals surface area contributed by atoms with E-state index in [1.54, 1.807) is 0 Å². The lowest BCUT2D eigenvalue weighted by molar-refractivity contribution is 0.169. The molecule has 0 aliphatic carbocycles. The highest BCUT2D eigenvalue weighted by atomic mass is 16.3. The monoisotopic (exact) mass is 216 g/mol. The average molecular weight is 216 g/mol. The zero-order valence-electron chi connectivity index (χ0n) is 10.1. The van der Waals surface area contributed by atoms with Crippen molar-refractivity contribution in [2.75, 3.05) is 0 Å². The molecule has 0 amide bonds. The summed E-state index contributed by atoms with van der Waals surface area (Å²) in [6, 6.07) is 8.18. The molecule has 0 radical (unpaired) electrons. The summed E-state index contributed by atoms with van der Waals surface area (Å²) in [5, 5.41) is 9.83. The molecule has 16 heavy (non-hydrogen) atoms. The van der Waals surface area contributed by atoms with E-state index >= 15 is 0 Å². The molecule has 0 aliphatic heterocycles. The zero-order chi connectivity index (χ0) is 12.0. The van der Waals surface area contributed by atoms with Gasteiger partial charge in [-0.2, -0.15) is 0 Å². The number of benzene rings is 1. The lowest BCUT2D eigenvalue weighted by atomic mass is 9.99. The minimum atomic E-state index is -0.427. The van der Waals surface area contributed by atoms with Crippen LogP contribution in [0.3, 0.4) is 0 Å². The fraction of sp³-hybridized carbons (Fsp3) is 0.467. The van der Waals surface area contributed by atoms with Crippen molar-refractivity contribution in [1.29, 1.82) is 0 Å². The molecule has 0 fully saturated rings. The Balaban J connectivity index is 2.60. The number of rotatable bonds is 5. The molecule has 1 atom stereocenters. The minimum absolute atomic E-state index is 0.427. The van der Waals surface area contributed by atoms with E-state index in [2.05, 4.69) is 31.9 Å². The summed E-state index contributed by atoms with van der Waals surface area (Å²) in [6.07, 6.45) is 7.09. The number of aliphatic hydroxyl groups excluding tert-OH is 1. The molecule has 1 aromatic rings. The molecule has 1 rings (SSSR count). The van der Waals surface area contributed by atoms with E-state index in [1.807, 2.05) is 12.1 Å². The highest BCUT2D eigenvalue weighted by Gasteiger charge is 2.06. The van der Waals surface area contributed by atoms with Crippen LogP contribution in [-0.4, -0.2) is 5.11 Å². The highest BCUT2D eigenvalue weighted by Crippen LogP contribution is 2.19. The number of terminal acetylenes is 1. The fourth-order valence-corrected chi connectivity index (χ4v) is 1.73. The Labute approximate surface area is 98.5 Å². The summed E-state index contributed by atoms with van der Waals surface area (Å²) in [6.45, 7) is 4.41. The first-order chi connectivity index (χ1) is 7.63. The molecule has 0 aliphatic rings. The van der Waals surface area contributed by atoms with Crippen LogP contribution in [0.15, 0.2) is 24.3 Å². The molecule has 86 valence electrons. The first kappa shape index (κ1) is 12.8. The van der Waals surface area contributed by atoms with Crippen molar-refractivity contribution in [2.24, 2.45) is 5.92 Å². The van der Waals surface area contributed by atoms with Gasteiger partial charge in [0.1, 0.15) is 0 Å². The summed E-state index contributed by atoms with van der Waals surface area (Å²) in [5.41, 5.74) is 2.28. The topological polar surface area (TPSA) is 20.2 Å². The molecule has 0 spiro atoms. The molecular formula is C15H20O. The van der Waals surface area contributed by atoms with Crippen LogP contribution in [0.25, 0.3) is 0 Å². The van der Waals surface area contributed by atoms with Gasteiger partial charge in [-0.3, -0.25) is 0 Å². The number of hydrogen-bond donors (Lipinski definition) is 1. The normalized spacial score (nSPS) is 12.4. The Morgan fingerprint density at radius 1 is 1.25 bits per heavy atom. The van der Waals surface area contributed by atoms with Crippen molar-refractivity contribution < 1.29 is 5.11 Å². The molecule has 1 aromatic carbocycles. The summed E-state index contributed by atoms with van der Waals surface area (Å²) in [7, 11) is 0. The maximum Gasteiger partial charge on any atom is 0.0799 e. The predicted molar refractivity (Wildman–Crippen MR) is 68.0 cm³/mol. The van der Waals surface area contributed by atoms with Gasteiger partial charge < -0.3 is 5.11 Å². The Hall–Kier alpha value is -1.26. The third-order valence-electron chi connectivity index (χ3n) is 2.57. The molecule has 0 aromatic heterocycles. The Morgan fingerprint density at radius 3 is 2.38 bits per heavy atom. The van der Waals surface area contributed by atoms with Crippen LogP contribution in [-0.2, 0) is 6.42 Å². The van der Waals surface area contributed by atoms with Crippen molar-refractivity contribution in [2.45, 2.75) is 39.2 Å². The lowest BCUT2D eigenvalue weighted by Gasteiger charge is -2.11. The van der Waals surface area contributed by atoms with Crippen molar-refractivity contribution in [3.05, 3.63) is 35.4 Å². The Bertz CT molecular complexity index is 343. The minimum Gasteiger partial charge on any atom is -0.388 e. The van der Waals surface area contributed by atoms with E-state index in [9.17, 15) is 5.11 Å². The number of aliphatic hydroxyl groups is 1. The van der Waals surface area contributed by atoms with Crippen molar-refractivity contribution in [1.82, 2.24) is 0 Å². The van der Waals surface area contributed by atoms with Crippen LogP contribution in [0.2, 0.25) is 0 Å². The van der Waals surface area contributed by atoms with Gasteiger partial charge in [-0.1, -0.05) is 38.1 Å². The molecule has 1 N–H and O–H groups in total. The average Bonchev–Trinajstić information content (AvgIpc) is 2.26. The highest BCUT2D eigenvalue weighted by molar-refractivity contribution is 5.24. The summed E-state index contributed by atoms with van der Waals surface area (Å²) in [5.74, 6) is 3.21. The van der Waals surface area contributed by atoms with Gasteiger partial charge in [0.2, 0.25) is 0 Å². The van der Waals surface area contributed by atoms with Crippen LogP contribution < -0.4 is 0 Å². The van der Waals surface area contributed by atoms with Gasteiger partial charge in [0.05, 0.1) is 6.10 Å². The van der Waals surface area contributed by atoms with Crippen LogP contribution >= 0.6 is 0 Å². The van der Waals surface area contributed by atoms with Crippen molar-refractivity contribution >= 4 is 0 Å². The van der Waals surface area contributed by atoms with E-state index in [0.717, 1.165) is 12.0 Å². The van der Waals surface area contributed by atoms with E-state index in [4.69, 9.17) is 6.42 Å². The fourth-order valence-electron chi connectivity index (χ4n) is 1.73. The Morgan fingerprint density at radius 2 is 1.88 bits per heavy atom. The van der Waals surface area contributed by atoms with Crippen molar-refractivity contribution in [3.8, 4) is 12.3 Å². The molecular weight excluding hydrogens is 196 g/mol. The molecule has 0 saturated carbocycles. The molecule has 0 bridgehead atoms. The maximum atomic E-state index is 9.83. The van der Waals surface area contributed by atoms with Gasteiger partial charge in [-0.25, -0.2) is 0 Å². The Kier molecular flexibility index (Phi) is 5.08. The standard InChI is InChI=1S/C15H20O/c1-4-5-6-15(16)14-9-7-13(8-10-14)11-12(2)3/h1,7-10,12,15-16H,5-6,11H2,2-3H3. The van der Waals surface area contributed by atoms with E-state index < -0.39 is 6.10 Å². The predicted octanol–water partition coefficient (Wildman–Crippen LogP) is 3.33. The van der Waals surface area contributed by atoms with Gasteiger partial charge >= 0.3 is 0 Å². The third kappa shape index (κ3) is 4.08. The van der Waals surface area contributed by atoms with E-state index in [1.165, 1.54) is 5.56 Å². The molecule has 1 heteroatoms. The van der Waals surface area contributed by atoms with Gasteiger partial charge in [-0.05, 0) is 29.9 Å². The maximum absolute atomic E-state index is 9.83. The summed E-state index contributed by atoms with van der Waals surface area (Å²) in [4.78, 5) is 0. The van der Waals surface area contributed by atoms with Crippen LogP contribution in [0.5, 0.6) is 0 Å². The van der Waals surface area contributed by atoms with E-state index in [-0.39, 0.29) is 0 Å². The molecule has 1 nitrogen and oxygen atoms in total. The zero-order valence-corrected chi connectivity index (χ0v) is 10.1. The molecule has 0 saturated heterocycles. The van der Waals surface area contributed by atoms with Gasteiger partial charge in [0.25, 0.3) is 0 Å². The largest absolute Gasteiger partial charge is 0.388 e. The first-order valence-electron chi connectivity index (χ1n) is 5.84. The second kappa shape index (κ2) is 6.35. The molecule has 1 unspecified atom stereocenters. The quantitative estimate of drug-likeness (QED) is 0.748. The van der Waals surface area contributed by atoms with Crippen LogP contribution in [0.1, 0.15) is 43.9 Å². The summed E-state index contributed by atoms with van der Waals surface area (Å²) < 4.78 is 0. The SMILES string of the molecule is C#CCCC(O)c1ccc(CC(C)C)cc1. The van der Waals surface area contributed by atoms with Gasteiger partial charge in [0, 0.05) is 6.42 Å². The number of hydrogen-bond acceptors (Lipinski definition) is 1. The third-order valence-corrected chi connectivity index (χ3v) is 2.57. The lowest BCUT2D eigenvalue weighted by Crippen LogP contribution is -1.98. The summed E-state index contributed by atoms with van der Waals surface area (Å²) >= 11 is 0. The second-order valence-electron chi connectivity index (χ2n) is 4.60. The van der Waals surface area contributed by atoms with Gasteiger partial charge in [-0.15, -0.1) is 12.3 Å². The van der Waals surface area contributed by atoms with Crippen molar-refractivity contribution in [3.63, 3.8) is 0 Å². The first-order valence-corrected chi connectivity index (χ1v) is 5.84. The van der Waals surface area contributed by atoms with Crippen LogP contribution in [0, 0.1) is 18.3 Å². The van der Waals surface area contributed by atoms with Crippen LogP contribution in [0.4, 0.5) is 0 Å².